The SMILES string of the molecule is CNC(=O)c1cn(C[C@@H]2CC(F)(F)CN2C(=O)Cc2cccc(F)c2)nn1. The standard InChI is InChI=1S/C17H18F3N5O2/c1-21-16(27)14-9-24(23-22-14)8-13-7-17(19,20)10-25(13)15(26)6-11-3-2-4-12(18)5-11/h2-5,9,13H,6-8,10H2,1H3,(H,21,27)/t13-/m0/s1. The van der Waals surface area contributed by atoms with Gasteiger partial charge in [0.25, 0.3) is 11.8 Å². The largest absolute Gasteiger partial charge is 0.354 e. The molecule has 3 rings (SSSR count). The minimum absolute atomic E-state index is 0.0194. The summed E-state index contributed by atoms with van der Waals surface area (Å²) in [5.74, 6) is -4.48. The molecule has 1 aliphatic rings. The van der Waals surface area contributed by atoms with Crippen molar-refractivity contribution in [1.29, 1.82) is 0 Å². The second-order valence-electron chi connectivity index (χ2n) is 6.45. The number of nitrogens with one attached hydrogen (secondary N) is 1. The van der Waals surface area contributed by atoms with Crippen LogP contribution >= 0.6 is 0 Å². The summed E-state index contributed by atoms with van der Waals surface area (Å²) < 4.78 is 42.4. The molecular weight excluding hydrogens is 363 g/mol. The van der Waals surface area contributed by atoms with Crippen LogP contribution in [0, 0.1) is 5.82 Å². The lowest BCUT2D eigenvalue weighted by Gasteiger charge is -2.23. The Labute approximate surface area is 153 Å². The summed E-state index contributed by atoms with van der Waals surface area (Å²) in [6.45, 7) is -0.725. The van der Waals surface area contributed by atoms with Crippen LogP contribution in [-0.2, 0) is 17.8 Å². The Hall–Kier alpha value is -2.91. The van der Waals surface area contributed by atoms with Crippen molar-refractivity contribution in [2.45, 2.75) is 31.4 Å². The summed E-state index contributed by atoms with van der Waals surface area (Å²) in [6, 6.07) is 4.67. The molecule has 1 saturated heterocycles. The highest BCUT2D eigenvalue weighted by Crippen LogP contribution is 2.33. The quantitative estimate of drug-likeness (QED) is 0.846. The number of rotatable bonds is 5. The number of halogens is 3. The maximum atomic E-state index is 13.9. The third kappa shape index (κ3) is 4.44. The van der Waals surface area contributed by atoms with Crippen LogP contribution in [0.25, 0.3) is 0 Å². The highest BCUT2D eigenvalue weighted by Gasteiger charge is 2.47. The normalized spacial score (nSPS) is 18.5. The van der Waals surface area contributed by atoms with Gasteiger partial charge in [-0.1, -0.05) is 17.3 Å². The molecule has 1 N–H and O–H groups in total. The number of hydrogen-bond acceptors (Lipinski definition) is 4. The second-order valence-corrected chi connectivity index (χ2v) is 6.45. The molecule has 2 heterocycles. The van der Waals surface area contributed by atoms with Gasteiger partial charge in [-0.15, -0.1) is 5.10 Å². The Balaban J connectivity index is 1.73. The van der Waals surface area contributed by atoms with Crippen molar-refractivity contribution in [3.05, 3.63) is 47.5 Å². The summed E-state index contributed by atoms with van der Waals surface area (Å²) in [6.07, 6.45) is 0.646. The van der Waals surface area contributed by atoms with Crippen molar-refractivity contribution in [2.75, 3.05) is 13.6 Å². The fraction of sp³-hybridized carbons (Fsp3) is 0.412. The lowest BCUT2D eigenvalue weighted by molar-refractivity contribution is -0.132. The van der Waals surface area contributed by atoms with Gasteiger partial charge in [0.1, 0.15) is 5.82 Å². The van der Waals surface area contributed by atoms with Gasteiger partial charge < -0.3 is 10.2 Å². The number of hydrogen-bond donors (Lipinski definition) is 1. The van der Waals surface area contributed by atoms with E-state index in [9.17, 15) is 22.8 Å². The zero-order valence-electron chi connectivity index (χ0n) is 14.5. The van der Waals surface area contributed by atoms with E-state index in [0.717, 1.165) is 4.90 Å². The van der Waals surface area contributed by atoms with Gasteiger partial charge in [-0.05, 0) is 17.7 Å². The van der Waals surface area contributed by atoms with E-state index >= 15 is 0 Å². The van der Waals surface area contributed by atoms with Crippen molar-refractivity contribution < 1.29 is 22.8 Å². The van der Waals surface area contributed by atoms with Crippen molar-refractivity contribution >= 4 is 11.8 Å². The molecule has 0 spiro atoms. The molecule has 1 atom stereocenters. The van der Waals surface area contributed by atoms with Crippen molar-refractivity contribution in [2.24, 2.45) is 0 Å². The summed E-state index contributed by atoms with van der Waals surface area (Å²) in [4.78, 5) is 25.2. The monoisotopic (exact) mass is 381 g/mol. The number of carbonyl (C=O) groups is 2. The predicted octanol–water partition coefficient (Wildman–Crippen LogP) is 1.26. The van der Waals surface area contributed by atoms with Crippen LogP contribution in [0.2, 0.25) is 0 Å². The summed E-state index contributed by atoms with van der Waals surface area (Å²) in [5.41, 5.74) is 0.469. The van der Waals surface area contributed by atoms with Crippen LogP contribution in [0.15, 0.2) is 30.5 Å². The van der Waals surface area contributed by atoms with Gasteiger partial charge in [-0.25, -0.2) is 17.9 Å². The number of aromatic nitrogens is 3. The minimum Gasteiger partial charge on any atom is -0.354 e. The zero-order valence-corrected chi connectivity index (χ0v) is 14.5. The van der Waals surface area contributed by atoms with E-state index in [0.29, 0.717) is 5.56 Å². The molecule has 1 aromatic heterocycles. The Morgan fingerprint density at radius 1 is 1.37 bits per heavy atom. The second kappa shape index (κ2) is 7.37. The van der Waals surface area contributed by atoms with Crippen LogP contribution in [0.1, 0.15) is 22.5 Å². The van der Waals surface area contributed by atoms with Gasteiger partial charge in [0, 0.05) is 13.5 Å². The third-order valence-corrected chi connectivity index (χ3v) is 4.34. The Kier molecular flexibility index (Phi) is 5.15. The number of likely N-dealkylation sites (tertiary alicyclic amines) is 1. The first-order valence-corrected chi connectivity index (χ1v) is 8.31. The van der Waals surface area contributed by atoms with Gasteiger partial charge in [-0.3, -0.25) is 9.59 Å². The molecular formula is C17H18F3N5O2. The molecule has 2 amide bonds. The van der Waals surface area contributed by atoms with E-state index in [1.807, 2.05) is 0 Å². The molecule has 1 fully saturated rings. The molecule has 144 valence electrons. The fourth-order valence-corrected chi connectivity index (χ4v) is 3.11. The van der Waals surface area contributed by atoms with Gasteiger partial charge in [-0.2, -0.15) is 0 Å². The third-order valence-electron chi connectivity index (χ3n) is 4.34. The average molecular weight is 381 g/mol. The molecule has 0 aliphatic carbocycles. The molecule has 1 aromatic carbocycles. The average Bonchev–Trinajstić information content (AvgIpc) is 3.18. The fourth-order valence-electron chi connectivity index (χ4n) is 3.11. The van der Waals surface area contributed by atoms with Crippen molar-refractivity contribution in [3.63, 3.8) is 0 Å². The van der Waals surface area contributed by atoms with Gasteiger partial charge >= 0.3 is 0 Å². The van der Waals surface area contributed by atoms with E-state index in [-0.39, 0.29) is 18.7 Å². The molecule has 2 aromatic rings. The van der Waals surface area contributed by atoms with E-state index in [1.54, 1.807) is 6.07 Å². The maximum Gasteiger partial charge on any atom is 0.273 e. The van der Waals surface area contributed by atoms with E-state index in [2.05, 4.69) is 15.6 Å². The smallest absolute Gasteiger partial charge is 0.273 e. The zero-order chi connectivity index (χ0) is 19.6. The number of carbonyl (C=O) groups excluding carboxylic acids is 2. The summed E-state index contributed by atoms with van der Waals surface area (Å²) in [7, 11) is 1.44. The topological polar surface area (TPSA) is 80.1 Å². The van der Waals surface area contributed by atoms with Crippen LogP contribution in [-0.4, -0.2) is 57.3 Å². The van der Waals surface area contributed by atoms with Crippen molar-refractivity contribution in [3.8, 4) is 0 Å². The lowest BCUT2D eigenvalue weighted by Crippen LogP contribution is -2.39. The molecule has 10 heteroatoms. The van der Waals surface area contributed by atoms with Crippen LogP contribution < -0.4 is 5.32 Å². The predicted molar refractivity (Wildman–Crippen MR) is 88.6 cm³/mol. The van der Waals surface area contributed by atoms with Crippen LogP contribution in [0.5, 0.6) is 0 Å². The first-order valence-electron chi connectivity index (χ1n) is 8.31. The number of nitrogens with zero attached hydrogens (tertiary/aromatic N) is 4. The first-order chi connectivity index (χ1) is 12.8. The van der Waals surface area contributed by atoms with Gasteiger partial charge in [0.05, 0.1) is 31.7 Å². The summed E-state index contributed by atoms with van der Waals surface area (Å²) >= 11 is 0. The molecule has 27 heavy (non-hydrogen) atoms. The van der Waals surface area contributed by atoms with Crippen molar-refractivity contribution in [1.82, 2.24) is 25.2 Å². The number of amides is 2. The van der Waals surface area contributed by atoms with Gasteiger partial charge in [0.15, 0.2) is 5.69 Å². The van der Waals surface area contributed by atoms with Crippen LogP contribution in [0.4, 0.5) is 13.2 Å². The maximum absolute atomic E-state index is 13.9. The molecule has 0 saturated carbocycles. The molecule has 0 bridgehead atoms. The highest BCUT2D eigenvalue weighted by atomic mass is 19.3. The molecule has 7 nitrogen and oxygen atoms in total. The van der Waals surface area contributed by atoms with E-state index in [4.69, 9.17) is 0 Å². The molecule has 1 aliphatic heterocycles. The first kappa shape index (κ1) is 18.9. The Morgan fingerprint density at radius 2 is 2.15 bits per heavy atom. The Bertz CT molecular complexity index is 855. The van der Waals surface area contributed by atoms with E-state index in [1.165, 1.54) is 36.1 Å². The minimum atomic E-state index is -3.02. The van der Waals surface area contributed by atoms with Crippen LogP contribution in [0.3, 0.4) is 0 Å². The van der Waals surface area contributed by atoms with Gasteiger partial charge in [0.2, 0.25) is 5.91 Å². The lowest BCUT2D eigenvalue weighted by atomic mass is 10.1. The summed E-state index contributed by atoms with van der Waals surface area (Å²) in [5, 5.41) is 9.83. The number of benzene rings is 1. The molecule has 0 unspecified atom stereocenters. The highest BCUT2D eigenvalue weighted by molar-refractivity contribution is 5.91. The molecule has 0 radical (unpaired) electrons. The number of alkyl halides is 2. The Morgan fingerprint density at radius 3 is 2.85 bits per heavy atom. The van der Waals surface area contributed by atoms with E-state index < -0.39 is 42.6 Å².